The predicted molar refractivity (Wildman–Crippen MR) is 78.2 cm³/mol. The molecule has 20 heavy (non-hydrogen) atoms. The van der Waals surface area contributed by atoms with Crippen molar-refractivity contribution < 1.29 is 9.50 Å². The number of nitrogens with one attached hydrogen (secondary N) is 1. The van der Waals surface area contributed by atoms with E-state index in [0.717, 1.165) is 24.1 Å². The van der Waals surface area contributed by atoms with Gasteiger partial charge >= 0.3 is 0 Å². The summed E-state index contributed by atoms with van der Waals surface area (Å²) in [5, 5.41) is 12.8. The van der Waals surface area contributed by atoms with Crippen LogP contribution in [0.3, 0.4) is 0 Å². The van der Waals surface area contributed by atoms with Gasteiger partial charge in [0.1, 0.15) is 5.82 Å². The Morgan fingerprint density at radius 2 is 1.75 bits per heavy atom. The van der Waals surface area contributed by atoms with Gasteiger partial charge in [-0.2, -0.15) is 0 Å². The summed E-state index contributed by atoms with van der Waals surface area (Å²) < 4.78 is 12.9. The van der Waals surface area contributed by atoms with Gasteiger partial charge in [-0.1, -0.05) is 30.3 Å². The molecule has 0 spiro atoms. The lowest BCUT2D eigenvalue weighted by molar-refractivity contribution is 0.282. The van der Waals surface area contributed by atoms with Gasteiger partial charge in [0.2, 0.25) is 0 Å². The molecule has 2 aromatic rings. The molecule has 0 atom stereocenters. The lowest BCUT2D eigenvalue weighted by Crippen LogP contribution is -2.34. The van der Waals surface area contributed by atoms with Crippen LogP contribution in [0.5, 0.6) is 0 Å². The highest BCUT2D eigenvalue weighted by Gasteiger charge is 2.30. The summed E-state index contributed by atoms with van der Waals surface area (Å²) in [7, 11) is 0. The molecule has 0 unspecified atom stereocenters. The monoisotopic (exact) mass is 271 g/mol. The summed E-state index contributed by atoms with van der Waals surface area (Å²) in [5.74, 6) is 0.328. The Bertz CT molecular complexity index is 576. The summed E-state index contributed by atoms with van der Waals surface area (Å²) in [6, 6.07) is 15.0. The van der Waals surface area contributed by atoms with Gasteiger partial charge in [-0.05, 0) is 42.5 Å². The molecule has 0 aliphatic heterocycles. The van der Waals surface area contributed by atoms with Crippen LogP contribution >= 0.6 is 0 Å². The molecule has 1 saturated carbocycles. The highest BCUT2D eigenvalue weighted by atomic mass is 19.1. The van der Waals surface area contributed by atoms with E-state index in [1.165, 1.54) is 17.7 Å². The summed E-state index contributed by atoms with van der Waals surface area (Å²) in [6.45, 7) is 0.0529. The standard InChI is InChI=1S/C17H18FNO/c18-15-7-5-12(6-8-15)14-9-16(10-14)19-17-4-2-1-3-13(17)11-20/h1-8,14,16,19-20H,9-11H2. The molecule has 3 rings (SSSR count). The van der Waals surface area contributed by atoms with Gasteiger partial charge in [-0.15, -0.1) is 0 Å². The van der Waals surface area contributed by atoms with Crippen molar-refractivity contribution >= 4 is 5.69 Å². The van der Waals surface area contributed by atoms with E-state index in [4.69, 9.17) is 0 Å². The second-order valence-corrected chi connectivity index (χ2v) is 5.38. The number of rotatable bonds is 4. The SMILES string of the molecule is OCc1ccccc1NC1CC(c2ccc(F)cc2)C1. The number of hydrogen-bond donors (Lipinski definition) is 2. The van der Waals surface area contributed by atoms with Gasteiger partial charge in [0.25, 0.3) is 0 Å². The van der Waals surface area contributed by atoms with E-state index < -0.39 is 0 Å². The molecule has 104 valence electrons. The first kappa shape index (κ1) is 13.1. The van der Waals surface area contributed by atoms with Crippen molar-refractivity contribution in [3.8, 4) is 0 Å². The zero-order chi connectivity index (χ0) is 13.9. The van der Waals surface area contributed by atoms with Crippen molar-refractivity contribution in [1.29, 1.82) is 0 Å². The highest BCUT2D eigenvalue weighted by molar-refractivity contribution is 5.52. The van der Waals surface area contributed by atoms with Crippen molar-refractivity contribution in [1.82, 2.24) is 0 Å². The first-order chi connectivity index (χ1) is 9.76. The van der Waals surface area contributed by atoms with Crippen LogP contribution < -0.4 is 5.32 Å². The fourth-order valence-electron chi connectivity index (χ4n) is 2.76. The minimum absolute atomic E-state index is 0.0529. The number of anilines is 1. The summed E-state index contributed by atoms with van der Waals surface area (Å²) >= 11 is 0. The Hall–Kier alpha value is -1.87. The number of para-hydroxylation sites is 1. The molecule has 1 aliphatic carbocycles. The molecule has 0 heterocycles. The Kier molecular flexibility index (Phi) is 3.70. The molecule has 2 aromatic carbocycles. The second kappa shape index (κ2) is 5.63. The molecule has 0 saturated heterocycles. The molecule has 3 heteroatoms. The maximum absolute atomic E-state index is 12.9. The predicted octanol–water partition coefficient (Wildman–Crippen LogP) is 3.68. The number of benzene rings is 2. The van der Waals surface area contributed by atoms with E-state index in [0.29, 0.717) is 12.0 Å². The van der Waals surface area contributed by atoms with Gasteiger partial charge in [0.05, 0.1) is 6.61 Å². The van der Waals surface area contributed by atoms with E-state index in [9.17, 15) is 9.50 Å². The number of hydrogen-bond acceptors (Lipinski definition) is 2. The number of aliphatic hydroxyl groups is 1. The Balaban J connectivity index is 1.59. The summed E-state index contributed by atoms with van der Waals surface area (Å²) in [5.41, 5.74) is 3.15. The molecule has 0 amide bonds. The average molecular weight is 271 g/mol. The lowest BCUT2D eigenvalue weighted by Gasteiger charge is -2.37. The minimum Gasteiger partial charge on any atom is -0.392 e. The first-order valence-corrected chi connectivity index (χ1v) is 6.97. The van der Waals surface area contributed by atoms with Crippen LogP contribution in [0, 0.1) is 5.82 Å². The average Bonchev–Trinajstić information content (AvgIpc) is 2.44. The van der Waals surface area contributed by atoms with Crippen LogP contribution in [0.1, 0.15) is 29.9 Å². The third-order valence-electron chi connectivity index (χ3n) is 4.03. The van der Waals surface area contributed by atoms with Crippen molar-refractivity contribution in [3.05, 3.63) is 65.5 Å². The Labute approximate surface area is 118 Å². The van der Waals surface area contributed by atoms with Crippen LogP contribution in [-0.2, 0) is 6.61 Å². The fourth-order valence-corrected chi connectivity index (χ4v) is 2.76. The molecule has 0 aromatic heterocycles. The fraction of sp³-hybridized carbons (Fsp3) is 0.294. The van der Waals surface area contributed by atoms with Crippen LogP contribution in [0.4, 0.5) is 10.1 Å². The van der Waals surface area contributed by atoms with Gasteiger partial charge in [-0.3, -0.25) is 0 Å². The molecule has 0 bridgehead atoms. The van der Waals surface area contributed by atoms with E-state index in [1.807, 2.05) is 36.4 Å². The largest absolute Gasteiger partial charge is 0.392 e. The lowest BCUT2D eigenvalue weighted by atomic mass is 9.76. The number of halogens is 1. The third kappa shape index (κ3) is 2.68. The van der Waals surface area contributed by atoms with Crippen molar-refractivity contribution in [3.63, 3.8) is 0 Å². The smallest absolute Gasteiger partial charge is 0.123 e. The van der Waals surface area contributed by atoms with Gasteiger partial charge < -0.3 is 10.4 Å². The highest BCUT2D eigenvalue weighted by Crippen LogP contribution is 2.38. The zero-order valence-electron chi connectivity index (χ0n) is 11.2. The quantitative estimate of drug-likeness (QED) is 0.889. The van der Waals surface area contributed by atoms with Crippen molar-refractivity contribution in [2.24, 2.45) is 0 Å². The molecule has 2 N–H and O–H groups in total. The van der Waals surface area contributed by atoms with Crippen molar-refractivity contribution in [2.45, 2.75) is 31.4 Å². The van der Waals surface area contributed by atoms with Gasteiger partial charge in [0, 0.05) is 17.3 Å². The summed E-state index contributed by atoms with van der Waals surface area (Å²) in [4.78, 5) is 0. The molecule has 0 radical (unpaired) electrons. The molecular weight excluding hydrogens is 253 g/mol. The van der Waals surface area contributed by atoms with E-state index in [2.05, 4.69) is 5.32 Å². The normalized spacial score (nSPS) is 21.3. The Morgan fingerprint density at radius 1 is 1.05 bits per heavy atom. The van der Waals surface area contributed by atoms with E-state index in [1.54, 1.807) is 0 Å². The van der Waals surface area contributed by atoms with Crippen LogP contribution in [0.25, 0.3) is 0 Å². The van der Waals surface area contributed by atoms with Crippen LogP contribution in [0.15, 0.2) is 48.5 Å². The maximum Gasteiger partial charge on any atom is 0.123 e. The van der Waals surface area contributed by atoms with E-state index >= 15 is 0 Å². The molecule has 1 aliphatic rings. The molecule has 1 fully saturated rings. The van der Waals surface area contributed by atoms with Gasteiger partial charge in [-0.25, -0.2) is 4.39 Å². The van der Waals surface area contributed by atoms with Gasteiger partial charge in [0.15, 0.2) is 0 Å². The summed E-state index contributed by atoms with van der Waals surface area (Å²) in [6.07, 6.45) is 2.09. The van der Waals surface area contributed by atoms with Crippen LogP contribution in [0.2, 0.25) is 0 Å². The third-order valence-corrected chi connectivity index (χ3v) is 4.03. The molecular formula is C17H18FNO. The second-order valence-electron chi connectivity index (χ2n) is 5.38. The van der Waals surface area contributed by atoms with E-state index in [-0.39, 0.29) is 12.4 Å². The van der Waals surface area contributed by atoms with Crippen LogP contribution in [-0.4, -0.2) is 11.1 Å². The number of aliphatic hydroxyl groups excluding tert-OH is 1. The zero-order valence-corrected chi connectivity index (χ0v) is 11.2. The first-order valence-electron chi connectivity index (χ1n) is 6.97. The minimum atomic E-state index is -0.181. The topological polar surface area (TPSA) is 32.3 Å². The van der Waals surface area contributed by atoms with Crippen molar-refractivity contribution in [2.75, 3.05) is 5.32 Å². The maximum atomic E-state index is 12.9. The molecule has 2 nitrogen and oxygen atoms in total. The Morgan fingerprint density at radius 3 is 2.45 bits per heavy atom.